The van der Waals surface area contributed by atoms with E-state index in [1.54, 1.807) is 12.1 Å². The highest BCUT2D eigenvalue weighted by molar-refractivity contribution is 6.30. The molecule has 0 fully saturated rings. The van der Waals surface area contributed by atoms with Crippen LogP contribution in [-0.4, -0.2) is 6.04 Å². The highest BCUT2D eigenvalue weighted by Crippen LogP contribution is 2.22. The first-order valence-electron chi connectivity index (χ1n) is 6.17. The quantitative estimate of drug-likeness (QED) is 0.801. The van der Waals surface area contributed by atoms with E-state index in [0.29, 0.717) is 16.6 Å². The van der Waals surface area contributed by atoms with Crippen LogP contribution < -0.4 is 5.32 Å². The number of hydrogen-bond donors (Lipinski definition) is 1. The van der Waals surface area contributed by atoms with Crippen LogP contribution >= 0.6 is 11.6 Å². The summed E-state index contributed by atoms with van der Waals surface area (Å²) in [6.45, 7) is 4.34. The van der Waals surface area contributed by atoms with E-state index in [1.165, 1.54) is 12.8 Å². The van der Waals surface area contributed by atoms with Crippen molar-refractivity contribution in [3.63, 3.8) is 0 Å². The lowest BCUT2D eigenvalue weighted by Gasteiger charge is -2.19. The highest BCUT2D eigenvalue weighted by Gasteiger charge is 2.09. The summed E-state index contributed by atoms with van der Waals surface area (Å²) in [6.07, 6.45) is 4.58. The van der Waals surface area contributed by atoms with Crippen molar-refractivity contribution in [2.75, 3.05) is 5.32 Å². The maximum Gasteiger partial charge on any atom is 0.101 e. The van der Waals surface area contributed by atoms with Gasteiger partial charge in [-0.15, -0.1) is 0 Å². The minimum absolute atomic E-state index is 0.417. The molecule has 1 unspecified atom stereocenters. The zero-order valence-corrected chi connectivity index (χ0v) is 11.2. The molecule has 1 rings (SSSR count). The molecule has 0 aliphatic heterocycles. The van der Waals surface area contributed by atoms with E-state index < -0.39 is 0 Å². The number of nitrogens with one attached hydrogen (secondary N) is 1. The van der Waals surface area contributed by atoms with Crippen LogP contribution in [0.4, 0.5) is 5.69 Å². The molecule has 0 heterocycles. The Balaban J connectivity index is 2.78. The molecule has 0 aliphatic carbocycles. The predicted molar refractivity (Wildman–Crippen MR) is 73.4 cm³/mol. The molecule has 0 aliphatic rings. The molecule has 0 spiro atoms. The van der Waals surface area contributed by atoms with Gasteiger partial charge >= 0.3 is 0 Å². The number of anilines is 1. The molecule has 3 heteroatoms. The van der Waals surface area contributed by atoms with Gasteiger partial charge in [-0.25, -0.2) is 0 Å². The van der Waals surface area contributed by atoms with E-state index in [2.05, 4.69) is 25.2 Å². The largest absolute Gasteiger partial charge is 0.381 e. The molecule has 1 atom stereocenters. The molecule has 1 aromatic rings. The van der Waals surface area contributed by atoms with Crippen molar-refractivity contribution in [1.29, 1.82) is 5.26 Å². The molecule has 1 N–H and O–H groups in total. The van der Waals surface area contributed by atoms with Crippen molar-refractivity contribution in [2.24, 2.45) is 0 Å². The van der Waals surface area contributed by atoms with Gasteiger partial charge in [-0.05, 0) is 31.0 Å². The van der Waals surface area contributed by atoms with Crippen LogP contribution in [0.15, 0.2) is 18.2 Å². The van der Waals surface area contributed by atoms with Crippen molar-refractivity contribution in [1.82, 2.24) is 0 Å². The van der Waals surface area contributed by atoms with Crippen LogP contribution in [0.1, 0.15) is 45.1 Å². The lowest BCUT2D eigenvalue weighted by Crippen LogP contribution is -2.18. The third-order valence-corrected chi connectivity index (χ3v) is 3.10. The molecule has 0 bridgehead atoms. The van der Waals surface area contributed by atoms with Crippen LogP contribution in [0.2, 0.25) is 5.02 Å². The predicted octanol–water partition coefficient (Wildman–Crippen LogP) is 4.59. The minimum atomic E-state index is 0.417. The zero-order chi connectivity index (χ0) is 12.7. The fourth-order valence-electron chi connectivity index (χ4n) is 1.78. The lowest BCUT2D eigenvalue weighted by molar-refractivity contribution is 0.593. The van der Waals surface area contributed by atoms with Gasteiger partial charge in [0.05, 0.1) is 11.3 Å². The van der Waals surface area contributed by atoms with Gasteiger partial charge < -0.3 is 5.32 Å². The third kappa shape index (κ3) is 4.28. The number of hydrogen-bond acceptors (Lipinski definition) is 2. The van der Waals surface area contributed by atoms with Gasteiger partial charge in [-0.3, -0.25) is 0 Å². The third-order valence-electron chi connectivity index (χ3n) is 2.86. The molecule has 92 valence electrons. The van der Waals surface area contributed by atoms with Gasteiger partial charge in [0, 0.05) is 11.1 Å². The normalized spacial score (nSPS) is 11.9. The fourth-order valence-corrected chi connectivity index (χ4v) is 1.95. The number of nitriles is 1. The summed E-state index contributed by atoms with van der Waals surface area (Å²) in [6, 6.07) is 7.94. The van der Waals surface area contributed by atoms with E-state index in [4.69, 9.17) is 16.9 Å². The average Bonchev–Trinajstić information content (AvgIpc) is 2.34. The Morgan fingerprint density at radius 1 is 1.41 bits per heavy atom. The van der Waals surface area contributed by atoms with Gasteiger partial charge in [0.2, 0.25) is 0 Å². The Hall–Kier alpha value is -1.20. The van der Waals surface area contributed by atoms with Crippen molar-refractivity contribution in [3.8, 4) is 6.07 Å². The molecule has 0 aromatic heterocycles. The van der Waals surface area contributed by atoms with Crippen LogP contribution in [0.25, 0.3) is 0 Å². The van der Waals surface area contributed by atoms with Crippen molar-refractivity contribution < 1.29 is 0 Å². The van der Waals surface area contributed by atoms with Gasteiger partial charge in [0.1, 0.15) is 6.07 Å². The number of rotatable bonds is 6. The average molecular weight is 251 g/mol. The minimum Gasteiger partial charge on any atom is -0.381 e. The second-order valence-electron chi connectivity index (χ2n) is 4.19. The molecule has 17 heavy (non-hydrogen) atoms. The van der Waals surface area contributed by atoms with Gasteiger partial charge in [0.25, 0.3) is 0 Å². The smallest absolute Gasteiger partial charge is 0.101 e. The summed E-state index contributed by atoms with van der Waals surface area (Å²) in [5.41, 5.74) is 1.51. The maximum atomic E-state index is 9.04. The maximum absolute atomic E-state index is 9.04. The first kappa shape index (κ1) is 13.9. The highest BCUT2D eigenvalue weighted by atomic mass is 35.5. The number of nitrogens with zero attached hydrogens (tertiary/aromatic N) is 1. The SMILES string of the molecule is CCCCC(CC)Nc1cc(Cl)ccc1C#N. The Labute approximate surface area is 109 Å². The summed E-state index contributed by atoms with van der Waals surface area (Å²) < 4.78 is 0. The van der Waals surface area contributed by atoms with Gasteiger partial charge in [-0.2, -0.15) is 5.26 Å². The van der Waals surface area contributed by atoms with E-state index in [1.807, 2.05) is 6.07 Å². The first-order chi connectivity index (χ1) is 8.21. The van der Waals surface area contributed by atoms with Crippen LogP contribution in [-0.2, 0) is 0 Å². The Kier molecular flexibility index (Phi) is 5.86. The number of unbranched alkanes of at least 4 members (excludes halogenated alkanes) is 1. The van der Waals surface area contributed by atoms with E-state index in [0.717, 1.165) is 18.5 Å². The van der Waals surface area contributed by atoms with Crippen LogP contribution in [0, 0.1) is 11.3 Å². The zero-order valence-electron chi connectivity index (χ0n) is 10.5. The summed E-state index contributed by atoms with van der Waals surface area (Å²) >= 11 is 5.96. The number of halogens is 1. The molecular formula is C14H19ClN2. The fraction of sp³-hybridized carbons (Fsp3) is 0.500. The second-order valence-corrected chi connectivity index (χ2v) is 4.63. The standard InChI is InChI=1S/C14H19ClN2/c1-3-5-6-13(4-2)17-14-9-12(15)8-7-11(14)10-16/h7-9,13,17H,3-6H2,1-2H3. The first-order valence-corrected chi connectivity index (χ1v) is 6.55. The molecular weight excluding hydrogens is 232 g/mol. The molecule has 0 saturated carbocycles. The lowest BCUT2D eigenvalue weighted by atomic mass is 10.1. The van der Waals surface area contributed by atoms with E-state index >= 15 is 0 Å². The Morgan fingerprint density at radius 2 is 2.18 bits per heavy atom. The van der Waals surface area contributed by atoms with E-state index in [-0.39, 0.29) is 0 Å². The monoisotopic (exact) mass is 250 g/mol. The number of benzene rings is 1. The van der Waals surface area contributed by atoms with Crippen molar-refractivity contribution in [3.05, 3.63) is 28.8 Å². The summed E-state index contributed by atoms with van der Waals surface area (Å²) in [5, 5.41) is 13.1. The van der Waals surface area contributed by atoms with E-state index in [9.17, 15) is 0 Å². The molecule has 2 nitrogen and oxygen atoms in total. The Morgan fingerprint density at radius 3 is 2.76 bits per heavy atom. The molecule has 0 amide bonds. The molecule has 0 radical (unpaired) electrons. The van der Waals surface area contributed by atoms with Gasteiger partial charge in [0.15, 0.2) is 0 Å². The van der Waals surface area contributed by atoms with Crippen molar-refractivity contribution >= 4 is 17.3 Å². The molecule has 1 aromatic carbocycles. The summed E-state index contributed by atoms with van der Waals surface area (Å²) in [4.78, 5) is 0. The van der Waals surface area contributed by atoms with Crippen LogP contribution in [0.3, 0.4) is 0 Å². The van der Waals surface area contributed by atoms with Gasteiger partial charge in [-0.1, -0.05) is 38.3 Å². The van der Waals surface area contributed by atoms with Crippen molar-refractivity contribution in [2.45, 2.75) is 45.6 Å². The molecule has 0 saturated heterocycles. The topological polar surface area (TPSA) is 35.8 Å². The Bertz CT molecular complexity index is 396. The second kappa shape index (κ2) is 7.19. The van der Waals surface area contributed by atoms with Crippen LogP contribution in [0.5, 0.6) is 0 Å². The summed E-state index contributed by atoms with van der Waals surface area (Å²) in [7, 11) is 0. The summed E-state index contributed by atoms with van der Waals surface area (Å²) in [5.74, 6) is 0.